The minimum absolute atomic E-state index is 0.00694. The Morgan fingerprint density at radius 2 is 1.96 bits per heavy atom. The van der Waals surface area contributed by atoms with Crippen molar-refractivity contribution in [3.63, 3.8) is 0 Å². The van der Waals surface area contributed by atoms with Crippen LogP contribution < -0.4 is 10.9 Å². The molecule has 1 amide bonds. The van der Waals surface area contributed by atoms with Crippen LogP contribution in [0.1, 0.15) is 50.4 Å². The summed E-state index contributed by atoms with van der Waals surface area (Å²) in [4.78, 5) is 26.3. The van der Waals surface area contributed by atoms with Crippen molar-refractivity contribution in [2.45, 2.75) is 45.1 Å². The quantitative estimate of drug-likeness (QED) is 0.751. The van der Waals surface area contributed by atoms with Crippen LogP contribution in [0.4, 0.5) is 0 Å². The molecule has 0 aliphatic carbocycles. The molecule has 5 nitrogen and oxygen atoms in total. The number of aromatic amines is 1. The Kier molecular flexibility index (Phi) is 5.16. The van der Waals surface area contributed by atoms with Gasteiger partial charge in [0.15, 0.2) is 0 Å². The molecule has 0 radical (unpaired) electrons. The number of rotatable bonds is 3. The van der Waals surface area contributed by atoms with E-state index in [1.807, 2.05) is 18.2 Å². The van der Waals surface area contributed by atoms with E-state index < -0.39 is 5.56 Å². The Bertz CT molecular complexity index is 970. The fourth-order valence-corrected chi connectivity index (χ4v) is 3.24. The molecule has 1 saturated heterocycles. The highest BCUT2D eigenvalue weighted by Crippen LogP contribution is 2.34. The average molecular weight is 387 g/mol. The van der Waals surface area contributed by atoms with Gasteiger partial charge in [-0.3, -0.25) is 9.59 Å². The smallest absolute Gasteiger partial charge is 0.267 e. The van der Waals surface area contributed by atoms with Crippen LogP contribution in [0.3, 0.4) is 0 Å². The number of nitrogens with one attached hydrogen (secondary N) is 2. The van der Waals surface area contributed by atoms with Crippen molar-refractivity contribution in [3.8, 4) is 5.75 Å². The first-order valence-corrected chi connectivity index (χ1v) is 9.27. The Hall–Kier alpha value is -2.53. The summed E-state index contributed by atoms with van der Waals surface area (Å²) in [6.07, 6.45) is 3.00. The number of carbonyl (C=O) groups excluding carboxylic acids is 1. The normalized spacial score (nSPS) is 17.9. The van der Waals surface area contributed by atoms with Gasteiger partial charge < -0.3 is 15.4 Å². The van der Waals surface area contributed by atoms with Gasteiger partial charge in [-0.05, 0) is 35.6 Å². The lowest BCUT2D eigenvalue weighted by atomic mass is 9.85. The highest BCUT2D eigenvalue weighted by Gasteiger charge is 2.22. The second-order valence-electron chi connectivity index (χ2n) is 7.82. The number of halogens is 1. The molecule has 0 bridgehead atoms. The SMILES string of the molecule is CC(C)(C)c1ccc(C(=C[C@H]2CCC(=O)N2)c2ccc(Cl)c(=O)[nH]2)c(O)c1. The van der Waals surface area contributed by atoms with Gasteiger partial charge in [0.05, 0.1) is 0 Å². The van der Waals surface area contributed by atoms with E-state index in [9.17, 15) is 14.7 Å². The zero-order chi connectivity index (χ0) is 19.8. The third-order valence-electron chi connectivity index (χ3n) is 4.70. The second-order valence-corrected chi connectivity index (χ2v) is 8.23. The largest absolute Gasteiger partial charge is 0.507 e. The Labute approximate surface area is 163 Å². The van der Waals surface area contributed by atoms with Gasteiger partial charge in [0.1, 0.15) is 10.8 Å². The molecular weight excluding hydrogens is 364 g/mol. The summed E-state index contributed by atoms with van der Waals surface area (Å²) in [5.41, 5.74) is 2.26. The molecule has 142 valence electrons. The highest BCUT2D eigenvalue weighted by molar-refractivity contribution is 6.30. The Balaban J connectivity index is 2.12. The van der Waals surface area contributed by atoms with Crippen LogP contribution in [-0.4, -0.2) is 22.0 Å². The predicted molar refractivity (Wildman–Crippen MR) is 107 cm³/mol. The molecule has 1 aromatic carbocycles. The fraction of sp³-hybridized carbons (Fsp3) is 0.333. The number of hydrogen-bond donors (Lipinski definition) is 3. The summed E-state index contributed by atoms with van der Waals surface area (Å²) in [6.45, 7) is 6.22. The number of aromatic nitrogens is 1. The molecule has 0 saturated carbocycles. The Morgan fingerprint density at radius 3 is 2.52 bits per heavy atom. The minimum atomic E-state index is -0.402. The van der Waals surface area contributed by atoms with Gasteiger partial charge in [0.25, 0.3) is 5.56 Å². The van der Waals surface area contributed by atoms with Crippen LogP contribution in [0.5, 0.6) is 5.75 Å². The van der Waals surface area contributed by atoms with E-state index in [1.54, 1.807) is 12.1 Å². The summed E-state index contributed by atoms with van der Waals surface area (Å²) in [6, 6.07) is 8.61. The first kappa shape index (κ1) is 19.2. The lowest BCUT2D eigenvalue weighted by Gasteiger charge is -2.21. The number of H-pyrrole nitrogens is 1. The number of phenols is 1. The van der Waals surface area contributed by atoms with Crippen LogP contribution in [0.25, 0.3) is 5.57 Å². The maximum atomic E-state index is 12.0. The lowest BCUT2D eigenvalue weighted by Crippen LogP contribution is -2.23. The van der Waals surface area contributed by atoms with E-state index in [2.05, 4.69) is 31.1 Å². The molecule has 1 aromatic heterocycles. The average Bonchev–Trinajstić information content (AvgIpc) is 3.00. The number of amides is 1. The van der Waals surface area contributed by atoms with Crippen molar-refractivity contribution in [2.75, 3.05) is 0 Å². The number of carbonyl (C=O) groups is 1. The van der Waals surface area contributed by atoms with Crippen molar-refractivity contribution in [1.29, 1.82) is 0 Å². The van der Waals surface area contributed by atoms with Crippen molar-refractivity contribution < 1.29 is 9.90 Å². The molecule has 3 N–H and O–H groups in total. The predicted octanol–water partition coefficient (Wildman–Crippen LogP) is 3.74. The molecule has 27 heavy (non-hydrogen) atoms. The van der Waals surface area contributed by atoms with Crippen LogP contribution in [-0.2, 0) is 10.2 Å². The molecule has 1 fully saturated rings. The van der Waals surface area contributed by atoms with Crippen LogP contribution in [0.2, 0.25) is 5.02 Å². The van der Waals surface area contributed by atoms with Crippen LogP contribution in [0, 0.1) is 0 Å². The maximum Gasteiger partial charge on any atom is 0.267 e. The number of aromatic hydroxyl groups is 1. The van der Waals surface area contributed by atoms with E-state index in [0.717, 1.165) is 5.56 Å². The van der Waals surface area contributed by atoms with Gasteiger partial charge in [-0.2, -0.15) is 0 Å². The molecule has 0 spiro atoms. The number of pyridine rings is 1. The molecule has 1 atom stereocenters. The van der Waals surface area contributed by atoms with E-state index in [4.69, 9.17) is 11.6 Å². The van der Waals surface area contributed by atoms with Crippen molar-refractivity contribution in [2.24, 2.45) is 0 Å². The first-order chi connectivity index (χ1) is 12.6. The summed E-state index contributed by atoms with van der Waals surface area (Å²) in [5, 5.41) is 13.7. The number of hydrogen-bond acceptors (Lipinski definition) is 3. The molecule has 2 heterocycles. The van der Waals surface area contributed by atoms with Gasteiger partial charge >= 0.3 is 0 Å². The monoisotopic (exact) mass is 386 g/mol. The minimum Gasteiger partial charge on any atom is -0.507 e. The standard InChI is InChI=1S/C21H23ClN2O3/c1-21(2,3)12-4-6-14(18(25)10-12)15(11-13-5-9-19(26)23-13)17-8-7-16(22)20(27)24-17/h4,6-8,10-11,13,25H,5,9H2,1-3H3,(H,23,26)(H,24,27)/t13-/m1/s1. The summed E-state index contributed by atoms with van der Waals surface area (Å²) < 4.78 is 0. The number of phenolic OH excluding ortho intramolecular Hbond substituents is 1. The molecule has 2 aromatic rings. The second kappa shape index (κ2) is 7.24. The Morgan fingerprint density at radius 1 is 1.22 bits per heavy atom. The van der Waals surface area contributed by atoms with Crippen molar-refractivity contribution in [3.05, 3.63) is 68.6 Å². The van der Waals surface area contributed by atoms with Gasteiger partial charge in [-0.25, -0.2) is 0 Å². The molecular formula is C21H23ClN2O3. The maximum absolute atomic E-state index is 12.0. The van der Waals surface area contributed by atoms with Gasteiger partial charge in [0.2, 0.25) is 5.91 Å². The third kappa shape index (κ3) is 4.25. The molecule has 6 heteroatoms. The highest BCUT2D eigenvalue weighted by atomic mass is 35.5. The zero-order valence-electron chi connectivity index (χ0n) is 15.6. The molecule has 0 unspecified atom stereocenters. The van der Waals surface area contributed by atoms with Crippen molar-refractivity contribution in [1.82, 2.24) is 10.3 Å². The van der Waals surface area contributed by atoms with Crippen LogP contribution >= 0.6 is 11.6 Å². The molecule has 1 aliphatic rings. The third-order valence-corrected chi connectivity index (χ3v) is 5.00. The summed E-state index contributed by atoms with van der Waals surface area (Å²) in [7, 11) is 0. The lowest BCUT2D eigenvalue weighted by molar-refractivity contribution is -0.119. The van der Waals surface area contributed by atoms with E-state index in [-0.39, 0.29) is 28.1 Å². The van der Waals surface area contributed by atoms with E-state index in [1.165, 1.54) is 6.07 Å². The zero-order valence-corrected chi connectivity index (χ0v) is 16.4. The first-order valence-electron chi connectivity index (χ1n) is 8.89. The molecule has 3 rings (SSSR count). The van der Waals surface area contributed by atoms with E-state index >= 15 is 0 Å². The van der Waals surface area contributed by atoms with Gasteiger partial charge in [-0.15, -0.1) is 0 Å². The molecule has 1 aliphatic heterocycles. The van der Waals surface area contributed by atoms with Crippen molar-refractivity contribution >= 4 is 23.1 Å². The van der Waals surface area contributed by atoms with Gasteiger partial charge in [-0.1, -0.05) is 50.6 Å². The summed E-state index contributed by atoms with van der Waals surface area (Å²) in [5.74, 6) is 0.112. The van der Waals surface area contributed by atoms with Crippen LogP contribution in [0.15, 0.2) is 41.2 Å². The van der Waals surface area contributed by atoms with E-state index in [0.29, 0.717) is 29.7 Å². The number of benzene rings is 1. The topological polar surface area (TPSA) is 82.2 Å². The van der Waals surface area contributed by atoms with Gasteiger partial charge in [0, 0.05) is 29.3 Å². The summed E-state index contributed by atoms with van der Waals surface area (Å²) >= 11 is 5.85. The fourth-order valence-electron chi connectivity index (χ4n) is 3.13.